The first-order valence-corrected chi connectivity index (χ1v) is 7.42. The van der Waals surface area contributed by atoms with Crippen LogP contribution in [0, 0.1) is 5.92 Å². The Morgan fingerprint density at radius 3 is 2.58 bits per heavy atom. The lowest BCUT2D eigenvalue weighted by Gasteiger charge is -2.36. The van der Waals surface area contributed by atoms with Crippen LogP contribution in [0.5, 0.6) is 0 Å². The summed E-state index contributed by atoms with van der Waals surface area (Å²) in [5.41, 5.74) is 0.386. The summed E-state index contributed by atoms with van der Waals surface area (Å²) in [6, 6.07) is 6.92. The summed E-state index contributed by atoms with van der Waals surface area (Å²) in [6.45, 7) is 0.0731. The number of hydrogen-bond donors (Lipinski definition) is 4. The Hall–Kier alpha value is -0.460. The highest BCUT2D eigenvalue weighted by Gasteiger charge is 2.34. The molecule has 0 radical (unpaired) electrons. The Morgan fingerprint density at radius 2 is 1.89 bits per heavy atom. The van der Waals surface area contributed by atoms with E-state index in [0.717, 1.165) is 25.7 Å². The highest BCUT2D eigenvalue weighted by molar-refractivity contribution is 9.10. The zero-order valence-electron chi connectivity index (χ0n) is 10.7. The van der Waals surface area contributed by atoms with Crippen LogP contribution in [0.15, 0.2) is 28.7 Å². The minimum Gasteiger partial charge on any atom is -0.396 e. The van der Waals surface area contributed by atoms with Gasteiger partial charge >= 0.3 is 0 Å². The molecule has 19 heavy (non-hydrogen) atoms. The van der Waals surface area contributed by atoms with Crippen molar-refractivity contribution in [2.75, 3.05) is 6.61 Å². The molecule has 1 aromatic rings. The summed E-state index contributed by atoms with van der Waals surface area (Å²) < 4.78 is 0.642. The van der Waals surface area contributed by atoms with Gasteiger partial charge in [-0.2, -0.15) is 0 Å². The summed E-state index contributed by atoms with van der Waals surface area (Å²) in [5.74, 6) is -2.01. The SMILES string of the molecule is OC[C@@H]1CCCC[C@@H]1NC(O)(O)c1ccccc1Br. The first kappa shape index (κ1) is 14.9. The third kappa shape index (κ3) is 3.55. The molecule has 1 saturated carbocycles. The van der Waals surface area contributed by atoms with Crippen molar-refractivity contribution < 1.29 is 15.3 Å². The molecule has 0 amide bonds. The number of nitrogens with one attached hydrogen (secondary N) is 1. The van der Waals surface area contributed by atoms with Crippen molar-refractivity contribution in [3.05, 3.63) is 34.3 Å². The molecule has 1 aliphatic rings. The Morgan fingerprint density at radius 1 is 1.21 bits per heavy atom. The molecule has 1 aliphatic carbocycles. The zero-order valence-corrected chi connectivity index (χ0v) is 12.3. The fourth-order valence-corrected chi connectivity index (χ4v) is 3.26. The van der Waals surface area contributed by atoms with Gasteiger partial charge in [0.2, 0.25) is 0 Å². The standard InChI is InChI=1S/C14H20BrNO3/c15-12-7-3-2-6-11(12)14(18,19)16-13-8-4-1-5-10(13)9-17/h2-3,6-7,10,13,16-19H,1,4-5,8-9H2/t10-,13-/m0/s1. The minimum atomic E-state index is -2.09. The lowest BCUT2D eigenvalue weighted by atomic mass is 9.84. The first-order chi connectivity index (χ1) is 9.04. The fraction of sp³-hybridized carbons (Fsp3) is 0.571. The molecule has 0 unspecified atom stereocenters. The molecule has 0 bridgehead atoms. The molecule has 0 heterocycles. The normalized spacial score (nSPS) is 24.4. The van der Waals surface area contributed by atoms with Crippen molar-refractivity contribution in [1.82, 2.24) is 5.32 Å². The lowest BCUT2D eigenvalue weighted by molar-refractivity contribution is -0.206. The Kier molecular flexibility index (Phi) is 4.97. The van der Waals surface area contributed by atoms with Gasteiger partial charge in [-0.1, -0.05) is 47.0 Å². The Bertz CT molecular complexity index is 425. The van der Waals surface area contributed by atoms with Gasteiger partial charge in [0, 0.05) is 22.7 Å². The third-order valence-corrected chi connectivity index (χ3v) is 4.47. The Labute approximate surface area is 121 Å². The molecule has 4 nitrogen and oxygen atoms in total. The van der Waals surface area contributed by atoms with Gasteiger partial charge in [-0.05, 0) is 24.8 Å². The van der Waals surface area contributed by atoms with Gasteiger partial charge < -0.3 is 15.3 Å². The molecule has 2 rings (SSSR count). The summed E-state index contributed by atoms with van der Waals surface area (Å²) in [6.07, 6.45) is 3.89. The molecular formula is C14H20BrNO3. The van der Waals surface area contributed by atoms with Crippen LogP contribution < -0.4 is 5.32 Å². The molecule has 106 valence electrons. The molecule has 1 aromatic carbocycles. The van der Waals surface area contributed by atoms with Crippen LogP contribution >= 0.6 is 15.9 Å². The van der Waals surface area contributed by atoms with Crippen molar-refractivity contribution in [3.8, 4) is 0 Å². The number of aliphatic hydroxyl groups is 3. The van der Waals surface area contributed by atoms with E-state index >= 15 is 0 Å². The van der Waals surface area contributed by atoms with Gasteiger partial charge in [0.1, 0.15) is 0 Å². The average molecular weight is 330 g/mol. The number of hydrogen-bond acceptors (Lipinski definition) is 4. The second kappa shape index (κ2) is 6.33. The molecular weight excluding hydrogens is 310 g/mol. The van der Waals surface area contributed by atoms with Crippen LogP contribution in [0.4, 0.5) is 0 Å². The predicted octanol–water partition coefficient (Wildman–Crippen LogP) is 1.68. The smallest absolute Gasteiger partial charge is 0.252 e. The second-order valence-corrected chi connectivity index (χ2v) is 5.98. The maximum Gasteiger partial charge on any atom is 0.252 e. The molecule has 0 aromatic heterocycles. The van der Waals surface area contributed by atoms with Crippen LogP contribution in [0.3, 0.4) is 0 Å². The van der Waals surface area contributed by atoms with E-state index in [9.17, 15) is 15.3 Å². The van der Waals surface area contributed by atoms with Crippen LogP contribution in [0.2, 0.25) is 0 Å². The molecule has 2 atom stereocenters. The summed E-state index contributed by atoms with van der Waals surface area (Å²) in [5, 5.41) is 32.8. The average Bonchev–Trinajstić information content (AvgIpc) is 2.39. The summed E-state index contributed by atoms with van der Waals surface area (Å²) >= 11 is 3.32. The molecule has 0 aliphatic heterocycles. The summed E-state index contributed by atoms with van der Waals surface area (Å²) in [7, 11) is 0. The molecule has 0 spiro atoms. The van der Waals surface area contributed by atoms with E-state index in [1.165, 1.54) is 0 Å². The van der Waals surface area contributed by atoms with Gasteiger partial charge in [0.25, 0.3) is 5.91 Å². The fourth-order valence-electron chi connectivity index (χ4n) is 2.70. The van der Waals surface area contributed by atoms with E-state index in [1.807, 2.05) is 6.07 Å². The van der Waals surface area contributed by atoms with E-state index in [4.69, 9.17) is 0 Å². The van der Waals surface area contributed by atoms with Crippen molar-refractivity contribution in [3.63, 3.8) is 0 Å². The second-order valence-electron chi connectivity index (χ2n) is 5.13. The van der Waals surface area contributed by atoms with Gasteiger partial charge in [-0.25, -0.2) is 0 Å². The van der Waals surface area contributed by atoms with Crippen molar-refractivity contribution in [1.29, 1.82) is 0 Å². The third-order valence-electron chi connectivity index (χ3n) is 3.78. The van der Waals surface area contributed by atoms with Crippen molar-refractivity contribution >= 4 is 15.9 Å². The van der Waals surface area contributed by atoms with E-state index in [-0.39, 0.29) is 18.6 Å². The van der Waals surface area contributed by atoms with Gasteiger partial charge in [0.15, 0.2) is 0 Å². The van der Waals surface area contributed by atoms with Crippen LogP contribution in [-0.2, 0) is 5.91 Å². The van der Waals surface area contributed by atoms with Crippen LogP contribution in [-0.4, -0.2) is 28.0 Å². The number of halogens is 1. The summed E-state index contributed by atoms with van der Waals surface area (Å²) in [4.78, 5) is 0. The highest BCUT2D eigenvalue weighted by Crippen LogP contribution is 2.29. The minimum absolute atomic E-state index is 0.0731. The lowest BCUT2D eigenvalue weighted by Crippen LogP contribution is -2.52. The number of benzene rings is 1. The highest BCUT2D eigenvalue weighted by atomic mass is 79.9. The first-order valence-electron chi connectivity index (χ1n) is 6.63. The van der Waals surface area contributed by atoms with Crippen molar-refractivity contribution in [2.24, 2.45) is 5.92 Å². The predicted molar refractivity (Wildman–Crippen MR) is 76.2 cm³/mol. The molecule has 4 N–H and O–H groups in total. The maximum atomic E-state index is 10.3. The quantitative estimate of drug-likeness (QED) is 0.634. The van der Waals surface area contributed by atoms with Crippen LogP contribution in [0.1, 0.15) is 31.2 Å². The molecule has 1 fully saturated rings. The van der Waals surface area contributed by atoms with E-state index in [2.05, 4.69) is 21.2 Å². The van der Waals surface area contributed by atoms with Crippen LogP contribution in [0.25, 0.3) is 0 Å². The van der Waals surface area contributed by atoms with E-state index < -0.39 is 5.91 Å². The largest absolute Gasteiger partial charge is 0.396 e. The maximum absolute atomic E-state index is 10.3. The Balaban J connectivity index is 2.14. The monoisotopic (exact) mass is 329 g/mol. The van der Waals surface area contributed by atoms with E-state index in [1.54, 1.807) is 18.2 Å². The topological polar surface area (TPSA) is 72.7 Å². The number of rotatable bonds is 4. The zero-order chi connectivity index (χ0) is 13.9. The molecule has 0 saturated heterocycles. The van der Waals surface area contributed by atoms with Crippen molar-refractivity contribution in [2.45, 2.75) is 37.6 Å². The number of aliphatic hydroxyl groups excluding tert-OH is 1. The molecule has 5 heteroatoms. The van der Waals surface area contributed by atoms with Gasteiger partial charge in [0.05, 0.1) is 0 Å². The van der Waals surface area contributed by atoms with E-state index in [0.29, 0.717) is 10.0 Å². The van der Waals surface area contributed by atoms with Gasteiger partial charge in [-0.15, -0.1) is 0 Å². The van der Waals surface area contributed by atoms with Gasteiger partial charge in [-0.3, -0.25) is 5.32 Å².